The molecule has 0 radical (unpaired) electrons. The minimum atomic E-state index is 0.381. The van der Waals surface area contributed by atoms with Crippen molar-refractivity contribution < 1.29 is 4.74 Å². The molecule has 100 valence electrons. The van der Waals surface area contributed by atoms with E-state index in [1.54, 1.807) is 18.0 Å². The third kappa shape index (κ3) is 2.23. The second kappa shape index (κ2) is 5.03. The van der Waals surface area contributed by atoms with Crippen LogP contribution in [-0.2, 0) is 17.9 Å². The van der Waals surface area contributed by atoms with E-state index in [1.807, 2.05) is 10.8 Å². The Hall–Kier alpha value is -1.84. The first kappa shape index (κ1) is 12.2. The van der Waals surface area contributed by atoms with Crippen LogP contribution in [0, 0.1) is 0 Å². The Labute approximate surface area is 112 Å². The molecule has 3 aromatic heterocycles. The molecule has 19 heavy (non-hydrogen) atoms. The smallest absolute Gasteiger partial charge is 0.235 e. The number of rotatable bonds is 5. The molecule has 9 heteroatoms. The Morgan fingerprint density at radius 2 is 2.32 bits per heavy atom. The molecule has 0 saturated carbocycles. The zero-order valence-corrected chi connectivity index (χ0v) is 11.2. The molecule has 2 N–H and O–H groups in total. The van der Waals surface area contributed by atoms with Gasteiger partial charge in [0.2, 0.25) is 4.96 Å². The van der Waals surface area contributed by atoms with E-state index < -0.39 is 0 Å². The first-order valence-corrected chi connectivity index (χ1v) is 6.55. The molecule has 0 spiro atoms. The van der Waals surface area contributed by atoms with Gasteiger partial charge in [-0.1, -0.05) is 11.3 Å². The molecule has 0 bridgehead atoms. The molecule has 0 aromatic carbocycles. The lowest BCUT2D eigenvalue weighted by atomic mass is 10.5. The predicted molar refractivity (Wildman–Crippen MR) is 69.6 cm³/mol. The lowest BCUT2D eigenvalue weighted by Gasteiger charge is -1.94. The Bertz CT molecular complexity index is 685. The molecule has 0 atom stereocenters. The van der Waals surface area contributed by atoms with Gasteiger partial charge in [0.15, 0.2) is 10.8 Å². The van der Waals surface area contributed by atoms with Crippen LogP contribution >= 0.6 is 11.3 Å². The van der Waals surface area contributed by atoms with Gasteiger partial charge in [-0.05, 0) is 0 Å². The number of aromatic nitrogens is 6. The van der Waals surface area contributed by atoms with E-state index in [9.17, 15) is 0 Å². The molecule has 0 unspecified atom stereocenters. The highest BCUT2D eigenvalue weighted by atomic mass is 32.1. The van der Waals surface area contributed by atoms with Gasteiger partial charge in [-0.3, -0.25) is 0 Å². The average molecular weight is 279 g/mol. The van der Waals surface area contributed by atoms with Crippen molar-refractivity contribution in [2.75, 3.05) is 13.7 Å². The van der Waals surface area contributed by atoms with Gasteiger partial charge >= 0.3 is 0 Å². The molecule has 3 heterocycles. The summed E-state index contributed by atoms with van der Waals surface area (Å²) in [6, 6.07) is 0. The van der Waals surface area contributed by atoms with Gasteiger partial charge in [-0.25, -0.2) is 4.98 Å². The third-order valence-electron chi connectivity index (χ3n) is 2.57. The highest BCUT2D eigenvalue weighted by Gasteiger charge is 2.14. The van der Waals surface area contributed by atoms with E-state index in [0.717, 1.165) is 22.2 Å². The zero-order chi connectivity index (χ0) is 13.2. The van der Waals surface area contributed by atoms with Crippen LogP contribution in [0.4, 0.5) is 0 Å². The highest BCUT2D eigenvalue weighted by Crippen LogP contribution is 2.23. The molecule has 0 aliphatic carbocycles. The zero-order valence-electron chi connectivity index (χ0n) is 10.4. The number of nitrogens with zero attached hydrogens (tertiary/aromatic N) is 6. The van der Waals surface area contributed by atoms with Crippen LogP contribution in [0.1, 0.15) is 5.82 Å². The summed E-state index contributed by atoms with van der Waals surface area (Å²) >= 11 is 1.44. The van der Waals surface area contributed by atoms with Gasteiger partial charge < -0.3 is 15.0 Å². The fraction of sp³-hybridized carbons (Fsp3) is 0.400. The molecule has 0 saturated heterocycles. The highest BCUT2D eigenvalue weighted by molar-refractivity contribution is 7.19. The number of hydrogen-bond acceptors (Lipinski definition) is 7. The number of hydrogen-bond donors (Lipinski definition) is 1. The fourth-order valence-corrected chi connectivity index (χ4v) is 2.54. The van der Waals surface area contributed by atoms with E-state index >= 15 is 0 Å². The maximum atomic E-state index is 5.51. The molecule has 8 nitrogen and oxygen atoms in total. The van der Waals surface area contributed by atoms with Crippen molar-refractivity contribution in [2.45, 2.75) is 13.2 Å². The topological polar surface area (TPSA) is 96.2 Å². The van der Waals surface area contributed by atoms with Crippen molar-refractivity contribution in [2.24, 2.45) is 5.73 Å². The summed E-state index contributed by atoms with van der Waals surface area (Å²) in [5, 5.41) is 13.3. The minimum Gasteiger partial charge on any atom is -0.377 e. The molecule has 3 aromatic rings. The van der Waals surface area contributed by atoms with Gasteiger partial charge in [-0.2, -0.15) is 9.61 Å². The molecule has 3 rings (SSSR count). The normalized spacial score (nSPS) is 11.5. The fourth-order valence-electron chi connectivity index (χ4n) is 1.72. The summed E-state index contributed by atoms with van der Waals surface area (Å²) in [6.45, 7) is 1.71. The van der Waals surface area contributed by atoms with Gasteiger partial charge in [-0.15, -0.1) is 10.2 Å². The van der Waals surface area contributed by atoms with E-state index in [-0.39, 0.29) is 0 Å². The van der Waals surface area contributed by atoms with Crippen LogP contribution in [0.15, 0.2) is 12.5 Å². The number of nitrogens with two attached hydrogens (primary N) is 1. The first-order chi connectivity index (χ1) is 9.31. The van der Waals surface area contributed by atoms with Crippen LogP contribution in [-0.4, -0.2) is 43.0 Å². The molecule has 0 fully saturated rings. The summed E-state index contributed by atoms with van der Waals surface area (Å²) in [6.07, 6.45) is 3.68. The average Bonchev–Trinajstić information content (AvgIpc) is 3.06. The van der Waals surface area contributed by atoms with Crippen molar-refractivity contribution in [3.8, 4) is 10.7 Å². The van der Waals surface area contributed by atoms with Crippen molar-refractivity contribution >= 4 is 16.3 Å². The number of imidazole rings is 1. The lowest BCUT2D eigenvalue weighted by Crippen LogP contribution is -2.07. The summed E-state index contributed by atoms with van der Waals surface area (Å²) in [5.74, 6) is 0.682. The maximum Gasteiger partial charge on any atom is 0.235 e. The lowest BCUT2D eigenvalue weighted by molar-refractivity contribution is 0.176. The summed E-state index contributed by atoms with van der Waals surface area (Å²) in [7, 11) is 1.61. The van der Waals surface area contributed by atoms with Gasteiger partial charge in [0.1, 0.15) is 12.3 Å². The van der Waals surface area contributed by atoms with E-state index in [1.165, 1.54) is 11.3 Å². The van der Waals surface area contributed by atoms with Crippen LogP contribution in [0.2, 0.25) is 0 Å². The summed E-state index contributed by atoms with van der Waals surface area (Å²) in [4.78, 5) is 5.05. The molecule has 0 amide bonds. The summed E-state index contributed by atoms with van der Waals surface area (Å²) in [5.41, 5.74) is 6.32. The molecule has 0 aliphatic heterocycles. The van der Waals surface area contributed by atoms with Crippen LogP contribution in [0.3, 0.4) is 0 Å². The number of methoxy groups -OCH3 is 1. The van der Waals surface area contributed by atoms with Gasteiger partial charge in [0.05, 0.1) is 6.33 Å². The number of ether oxygens (including phenoxy) is 1. The van der Waals surface area contributed by atoms with Crippen molar-refractivity contribution in [1.82, 2.24) is 29.4 Å². The van der Waals surface area contributed by atoms with E-state index in [0.29, 0.717) is 19.0 Å². The maximum absolute atomic E-state index is 5.51. The second-order valence-electron chi connectivity index (χ2n) is 3.94. The van der Waals surface area contributed by atoms with Crippen molar-refractivity contribution in [3.05, 3.63) is 18.3 Å². The van der Waals surface area contributed by atoms with Crippen LogP contribution < -0.4 is 5.73 Å². The largest absolute Gasteiger partial charge is 0.377 e. The molecular weight excluding hydrogens is 266 g/mol. The third-order valence-corrected chi connectivity index (χ3v) is 3.49. The second-order valence-corrected chi connectivity index (χ2v) is 4.89. The van der Waals surface area contributed by atoms with Crippen molar-refractivity contribution in [1.29, 1.82) is 0 Å². The Morgan fingerprint density at radius 3 is 3.11 bits per heavy atom. The Morgan fingerprint density at radius 1 is 1.42 bits per heavy atom. The van der Waals surface area contributed by atoms with E-state index in [4.69, 9.17) is 10.5 Å². The SMILES string of the molecule is COCc1nnc2sc(-c3cn(CCN)cn3)nn12. The van der Waals surface area contributed by atoms with Crippen molar-refractivity contribution in [3.63, 3.8) is 0 Å². The van der Waals surface area contributed by atoms with Gasteiger partial charge in [0, 0.05) is 26.4 Å². The number of fused-ring (bicyclic) bond motifs is 1. The standard InChI is InChI=1S/C10H13N7OS/c1-18-5-8-13-14-10-17(8)15-9(19-10)7-4-16(3-2-11)6-12-7/h4,6H,2-3,5,11H2,1H3. The quantitative estimate of drug-likeness (QED) is 0.714. The Balaban J connectivity index is 1.95. The van der Waals surface area contributed by atoms with Crippen LogP contribution in [0.25, 0.3) is 15.7 Å². The predicted octanol–water partition coefficient (Wildman–Crippen LogP) is 0.154. The van der Waals surface area contributed by atoms with E-state index in [2.05, 4.69) is 20.3 Å². The van der Waals surface area contributed by atoms with Gasteiger partial charge in [0.25, 0.3) is 0 Å². The monoisotopic (exact) mass is 279 g/mol. The molecule has 0 aliphatic rings. The van der Waals surface area contributed by atoms with Crippen LogP contribution in [0.5, 0.6) is 0 Å². The summed E-state index contributed by atoms with van der Waals surface area (Å²) < 4.78 is 8.68. The minimum absolute atomic E-state index is 0.381. The molecular formula is C10H13N7OS. The first-order valence-electron chi connectivity index (χ1n) is 5.74. The Kier molecular flexibility index (Phi) is 3.23.